The van der Waals surface area contributed by atoms with E-state index in [1.165, 1.54) is 0 Å². The summed E-state index contributed by atoms with van der Waals surface area (Å²) in [6, 6.07) is 11.6. The van der Waals surface area contributed by atoms with Gasteiger partial charge in [0.15, 0.2) is 6.29 Å². The van der Waals surface area contributed by atoms with Gasteiger partial charge in [-0.25, -0.2) is 9.07 Å². The van der Waals surface area contributed by atoms with Crippen molar-refractivity contribution in [1.82, 2.24) is 9.78 Å². The maximum absolute atomic E-state index is 14.2. The number of carbonyl (C=O) groups excluding carboxylic acids is 1. The predicted octanol–water partition coefficient (Wildman–Crippen LogP) is 4.49. The Kier molecular flexibility index (Phi) is 4.39. The SMILES string of the molecule is Cc1c(Cc2ccc(-n3cccn3)cc2)cc(Br)c(C=O)c1F. The van der Waals surface area contributed by atoms with Crippen molar-refractivity contribution in [1.29, 1.82) is 0 Å². The van der Waals surface area contributed by atoms with Gasteiger partial charge in [-0.2, -0.15) is 5.10 Å². The molecule has 0 N–H and O–H groups in total. The topological polar surface area (TPSA) is 34.9 Å². The highest BCUT2D eigenvalue weighted by molar-refractivity contribution is 9.10. The Bertz CT molecular complexity index is 842. The largest absolute Gasteiger partial charge is 0.298 e. The lowest BCUT2D eigenvalue weighted by atomic mass is 9.98. The van der Waals surface area contributed by atoms with Crippen LogP contribution in [-0.2, 0) is 6.42 Å². The Balaban J connectivity index is 1.89. The Morgan fingerprint density at radius 3 is 2.65 bits per heavy atom. The van der Waals surface area contributed by atoms with Crippen LogP contribution in [0.25, 0.3) is 5.69 Å². The number of hydrogen-bond donors (Lipinski definition) is 0. The summed E-state index contributed by atoms with van der Waals surface area (Å²) in [4.78, 5) is 10.9. The van der Waals surface area contributed by atoms with E-state index in [9.17, 15) is 9.18 Å². The molecule has 0 saturated heterocycles. The fraction of sp³-hybridized carbons (Fsp3) is 0.111. The van der Waals surface area contributed by atoms with Crippen LogP contribution in [0.4, 0.5) is 4.39 Å². The van der Waals surface area contributed by atoms with Crippen LogP contribution in [0.15, 0.2) is 53.3 Å². The van der Waals surface area contributed by atoms with Crippen molar-refractivity contribution in [2.24, 2.45) is 0 Å². The second-order valence-corrected chi connectivity index (χ2v) is 6.14. The Morgan fingerprint density at radius 1 is 1.30 bits per heavy atom. The minimum Gasteiger partial charge on any atom is -0.298 e. The van der Waals surface area contributed by atoms with Crippen LogP contribution in [0.2, 0.25) is 0 Å². The van der Waals surface area contributed by atoms with Gasteiger partial charge in [-0.1, -0.05) is 12.1 Å². The Morgan fingerprint density at radius 2 is 2.04 bits per heavy atom. The average Bonchev–Trinajstić information content (AvgIpc) is 3.08. The zero-order valence-electron chi connectivity index (χ0n) is 12.5. The molecule has 0 fully saturated rings. The highest BCUT2D eigenvalue weighted by atomic mass is 79.9. The van der Waals surface area contributed by atoms with Gasteiger partial charge in [0.25, 0.3) is 0 Å². The molecule has 0 radical (unpaired) electrons. The fourth-order valence-electron chi connectivity index (χ4n) is 2.49. The van der Waals surface area contributed by atoms with Crippen LogP contribution in [-0.4, -0.2) is 16.1 Å². The molecule has 0 aliphatic rings. The van der Waals surface area contributed by atoms with Crippen molar-refractivity contribution in [3.63, 3.8) is 0 Å². The van der Waals surface area contributed by atoms with E-state index >= 15 is 0 Å². The summed E-state index contributed by atoms with van der Waals surface area (Å²) in [5.74, 6) is -0.461. The number of benzene rings is 2. The first-order valence-corrected chi connectivity index (χ1v) is 7.91. The van der Waals surface area contributed by atoms with Gasteiger partial charge in [0, 0.05) is 16.9 Å². The summed E-state index contributed by atoms with van der Waals surface area (Å²) in [6.45, 7) is 1.70. The van der Waals surface area contributed by atoms with Gasteiger partial charge in [-0.3, -0.25) is 4.79 Å². The maximum atomic E-state index is 14.2. The number of aldehydes is 1. The third-order valence-electron chi connectivity index (χ3n) is 3.82. The monoisotopic (exact) mass is 372 g/mol. The lowest BCUT2D eigenvalue weighted by Gasteiger charge is -2.11. The van der Waals surface area contributed by atoms with E-state index in [-0.39, 0.29) is 5.56 Å². The molecule has 0 unspecified atom stereocenters. The van der Waals surface area contributed by atoms with Gasteiger partial charge < -0.3 is 0 Å². The predicted molar refractivity (Wildman–Crippen MR) is 90.6 cm³/mol. The molecule has 3 nitrogen and oxygen atoms in total. The highest BCUT2D eigenvalue weighted by Gasteiger charge is 2.14. The Labute approximate surface area is 141 Å². The molecule has 5 heteroatoms. The minimum absolute atomic E-state index is 0.0697. The zero-order valence-corrected chi connectivity index (χ0v) is 14.0. The number of hydrogen-bond acceptors (Lipinski definition) is 2. The zero-order chi connectivity index (χ0) is 16.4. The third-order valence-corrected chi connectivity index (χ3v) is 4.48. The van der Waals surface area contributed by atoms with Gasteiger partial charge in [0.05, 0.1) is 11.3 Å². The molecule has 0 amide bonds. The van der Waals surface area contributed by atoms with Crippen molar-refractivity contribution in [3.8, 4) is 5.69 Å². The summed E-state index contributed by atoms with van der Waals surface area (Å²) >= 11 is 3.26. The molecule has 1 aromatic heterocycles. The maximum Gasteiger partial charge on any atom is 0.154 e. The van der Waals surface area contributed by atoms with Crippen LogP contribution in [0.3, 0.4) is 0 Å². The first-order valence-electron chi connectivity index (χ1n) is 7.11. The number of nitrogens with zero attached hydrogens (tertiary/aromatic N) is 2. The molecule has 0 spiro atoms. The summed E-state index contributed by atoms with van der Waals surface area (Å²) < 4.78 is 16.5. The fourth-order valence-corrected chi connectivity index (χ4v) is 3.03. The molecule has 0 saturated carbocycles. The standard InChI is InChI=1S/C18H14BrFN2O/c1-12-14(10-17(19)16(11-23)18(12)20)9-13-3-5-15(6-4-13)22-8-2-7-21-22/h2-8,10-11H,9H2,1H3. The molecule has 116 valence electrons. The van der Waals surface area contributed by atoms with E-state index < -0.39 is 5.82 Å². The van der Waals surface area contributed by atoms with Crippen molar-refractivity contribution in [2.45, 2.75) is 13.3 Å². The van der Waals surface area contributed by atoms with E-state index in [0.717, 1.165) is 16.8 Å². The minimum atomic E-state index is -0.461. The average molecular weight is 373 g/mol. The number of halogens is 2. The van der Waals surface area contributed by atoms with E-state index in [0.29, 0.717) is 22.7 Å². The van der Waals surface area contributed by atoms with Crippen molar-refractivity contribution < 1.29 is 9.18 Å². The summed E-state index contributed by atoms with van der Waals surface area (Å²) in [5.41, 5.74) is 3.46. The van der Waals surface area contributed by atoms with Gasteiger partial charge in [-0.15, -0.1) is 0 Å². The van der Waals surface area contributed by atoms with Crippen LogP contribution in [0.5, 0.6) is 0 Å². The molecule has 2 aromatic carbocycles. The molecule has 3 rings (SSSR count). The summed E-state index contributed by atoms with van der Waals surface area (Å²) in [7, 11) is 0. The highest BCUT2D eigenvalue weighted by Crippen LogP contribution is 2.26. The molecule has 1 heterocycles. The molecule has 0 bridgehead atoms. The molecular formula is C18H14BrFN2O. The Hall–Kier alpha value is -2.27. The van der Waals surface area contributed by atoms with Crippen LogP contribution in [0, 0.1) is 12.7 Å². The lowest BCUT2D eigenvalue weighted by molar-refractivity contribution is 0.111. The van der Waals surface area contributed by atoms with E-state index in [2.05, 4.69) is 21.0 Å². The molecule has 0 aliphatic heterocycles. The normalized spacial score (nSPS) is 10.7. The van der Waals surface area contributed by atoms with Gasteiger partial charge in [0.2, 0.25) is 0 Å². The molecule has 3 aromatic rings. The van der Waals surface area contributed by atoms with E-state index in [1.54, 1.807) is 17.8 Å². The lowest BCUT2D eigenvalue weighted by Crippen LogP contribution is -2.01. The summed E-state index contributed by atoms with van der Waals surface area (Å²) in [5, 5.41) is 4.18. The molecule has 23 heavy (non-hydrogen) atoms. The van der Waals surface area contributed by atoms with E-state index in [4.69, 9.17) is 0 Å². The van der Waals surface area contributed by atoms with Gasteiger partial charge >= 0.3 is 0 Å². The van der Waals surface area contributed by atoms with Crippen molar-refractivity contribution in [3.05, 3.63) is 81.3 Å². The molecule has 0 aliphatic carbocycles. The van der Waals surface area contributed by atoms with Crippen LogP contribution < -0.4 is 0 Å². The van der Waals surface area contributed by atoms with Crippen molar-refractivity contribution in [2.75, 3.05) is 0 Å². The van der Waals surface area contributed by atoms with E-state index in [1.807, 2.05) is 42.6 Å². The smallest absolute Gasteiger partial charge is 0.154 e. The van der Waals surface area contributed by atoms with Crippen LogP contribution in [0.1, 0.15) is 27.0 Å². The first kappa shape index (κ1) is 15.6. The number of carbonyl (C=O) groups is 1. The second kappa shape index (κ2) is 6.46. The number of aromatic nitrogens is 2. The number of rotatable bonds is 4. The summed E-state index contributed by atoms with van der Waals surface area (Å²) in [6.07, 6.45) is 4.74. The van der Waals surface area contributed by atoms with Gasteiger partial charge in [0.1, 0.15) is 5.82 Å². The van der Waals surface area contributed by atoms with Crippen molar-refractivity contribution >= 4 is 22.2 Å². The molecule has 0 atom stereocenters. The quantitative estimate of drug-likeness (QED) is 0.632. The first-order chi connectivity index (χ1) is 11.1. The third kappa shape index (κ3) is 3.10. The van der Waals surface area contributed by atoms with Gasteiger partial charge in [-0.05, 0) is 70.2 Å². The van der Waals surface area contributed by atoms with Crippen LogP contribution >= 0.6 is 15.9 Å². The molecular weight excluding hydrogens is 359 g/mol. The second-order valence-electron chi connectivity index (χ2n) is 5.28.